The summed E-state index contributed by atoms with van der Waals surface area (Å²) in [5.41, 5.74) is 1.56. The SMILES string of the molecule is CC(=CC1CC1C)C(C)C. The molecule has 0 spiro atoms. The van der Waals surface area contributed by atoms with Crippen LogP contribution in [0.5, 0.6) is 0 Å². The summed E-state index contributed by atoms with van der Waals surface area (Å²) in [6.45, 7) is 9.10. The Hall–Kier alpha value is -0.260. The van der Waals surface area contributed by atoms with E-state index in [4.69, 9.17) is 0 Å². The lowest BCUT2D eigenvalue weighted by Gasteiger charge is -2.03. The van der Waals surface area contributed by atoms with Gasteiger partial charge in [-0.2, -0.15) is 0 Å². The Morgan fingerprint density at radius 3 is 2.30 bits per heavy atom. The van der Waals surface area contributed by atoms with Gasteiger partial charge in [0.25, 0.3) is 0 Å². The van der Waals surface area contributed by atoms with Gasteiger partial charge in [0.2, 0.25) is 0 Å². The predicted molar refractivity (Wildman–Crippen MR) is 45.9 cm³/mol. The summed E-state index contributed by atoms with van der Waals surface area (Å²) in [5.74, 6) is 2.63. The van der Waals surface area contributed by atoms with Crippen molar-refractivity contribution in [1.29, 1.82) is 0 Å². The topological polar surface area (TPSA) is 0 Å². The number of hydrogen-bond donors (Lipinski definition) is 0. The molecule has 0 heteroatoms. The fourth-order valence-electron chi connectivity index (χ4n) is 1.11. The average molecular weight is 138 g/mol. The summed E-state index contributed by atoms with van der Waals surface area (Å²) < 4.78 is 0. The molecule has 0 aromatic rings. The van der Waals surface area contributed by atoms with Crippen LogP contribution in [0, 0.1) is 17.8 Å². The summed E-state index contributed by atoms with van der Waals surface area (Å²) in [6, 6.07) is 0. The molecule has 0 aromatic carbocycles. The monoisotopic (exact) mass is 138 g/mol. The third-order valence-electron chi connectivity index (χ3n) is 2.56. The van der Waals surface area contributed by atoms with Crippen LogP contribution in [-0.2, 0) is 0 Å². The first kappa shape index (κ1) is 7.84. The van der Waals surface area contributed by atoms with Gasteiger partial charge < -0.3 is 0 Å². The van der Waals surface area contributed by atoms with Crippen LogP contribution >= 0.6 is 0 Å². The van der Waals surface area contributed by atoms with Crippen LogP contribution in [0.25, 0.3) is 0 Å². The zero-order chi connectivity index (χ0) is 7.72. The molecule has 1 aliphatic carbocycles. The lowest BCUT2D eigenvalue weighted by Crippen LogP contribution is -1.89. The number of rotatable bonds is 2. The van der Waals surface area contributed by atoms with Gasteiger partial charge in [-0.1, -0.05) is 32.4 Å². The molecule has 0 N–H and O–H groups in total. The summed E-state index contributed by atoms with van der Waals surface area (Å²) in [4.78, 5) is 0. The maximum absolute atomic E-state index is 2.45. The molecule has 1 rings (SSSR count). The second-order valence-electron chi connectivity index (χ2n) is 3.94. The van der Waals surface area contributed by atoms with Gasteiger partial charge in [0.05, 0.1) is 0 Å². The van der Waals surface area contributed by atoms with Crippen molar-refractivity contribution in [1.82, 2.24) is 0 Å². The highest BCUT2D eigenvalue weighted by molar-refractivity contribution is 5.09. The average Bonchev–Trinajstić information content (AvgIpc) is 2.46. The van der Waals surface area contributed by atoms with E-state index in [9.17, 15) is 0 Å². The maximum atomic E-state index is 2.45. The third-order valence-corrected chi connectivity index (χ3v) is 2.56. The van der Waals surface area contributed by atoms with Crippen molar-refractivity contribution in [2.24, 2.45) is 17.8 Å². The molecule has 0 heterocycles. The fourth-order valence-corrected chi connectivity index (χ4v) is 1.11. The van der Waals surface area contributed by atoms with E-state index in [1.54, 1.807) is 5.57 Å². The van der Waals surface area contributed by atoms with E-state index in [1.807, 2.05) is 0 Å². The van der Waals surface area contributed by atoms with Gasteiger partial charge in [-0.3, -0.25) is 0 Å². The minimum Gasteiger partial charge on any atom is -0.0820 e. The van der Waals surface area contributed by atoms with Crippen molar-refractivity contribution in [3.63, 3.8) is 0 Å². The third kappa shape index (κ3) is 1.86. The Balaban J connectivity index is 2.39. The first-order valence-electron chi connectivity index (χ1n) is 4.29. The fraction of sp³-hybridized carbons (Fsp3) is 0.800. The highest BCUT2D eigenvalue weighted by atomic mass is 14.3. The van der Waals surface area contributed by atoms with Crippen molar-refractivity contribution < 1.29 is 0 Å². The Morgan fingerprint density at radius 1 is 1.50 bits per heavy atom. The van der Waals surface area contributed by atoms with E-state index in [1.165, 1.54) is 6.42 Å². The first-order chi connectivity index (χ1) is 4.61. The molecule has 0 saturated heterocycles. The van der Waals surface area contributed by atoms with E-state index < -0.39 is 0 Å². The van der Waals surface area contributed by atoms with Crippen molar-refractivity contribution in [2.75, 3.05) is 0 Å². The van der Waals surface area contributed by atoms with Crippen LogP contribution in [-0.4, -0.2) is 0 Å². The Kier molecular flexibility index (Phi) is 2.18. The Morgan fingerprint density at radius 2 is 2.00 bits per heavy atom. The van der Waals surface area contributed by atoms with Crippen molar-refractivity contribution in [2.45, 2.75) is 34.1 Å². The van der Waals surface area contributed by atoms with E-state index >= 15 is 0 Å². The van der Waals surface area contributed by atoms with Crippen molar-refractivity contribution >= 4 is 0 Å². The summed E-state index contributed by atoms with van der Waals surface area (Å²) in [5, 5.41) is 0. The normalized spacial score (nSPS) is 33.1. The van der Waals surface area contributed by atoms with Crippen LogP contribution in [0.4, 0.5) is 0 Å². The van der Waals surface area contributed by atoms with E-state index in [0.717, 1.165) is 17.8 Å². The molecule has 2 atom stereocenters. The highest BCUT2D eigenvalue weighted by Crippen LogP contribution is 2.40. The number of hydrogen-bond acceptors (Lipinski definition) is 0. The molecule has 1 saturated carbocycles. The van der Waals surface area contributed by atoms with Gasteiger partial charge in [-0.05, 0) is 31.1 Å². The van der Waals surface area contributed by atoms with Crippen LogP contribution in [0.15, 0.2) is 11.6 Å². The minimum absolute atomic E-state index is 0.743. The van der Waals surface area contributed by atoms with E-state index in [2.05, 4.69) is 33.8 Å². The summed E-state index contributed by atoms with van der Waals surface area (Å²) in [6.07, 6.45) is 3.87. The minimum atomic E-state index is 0.743. The molecule has 0 nitrogen and oxygen atoms in total. The predicted octanol–water partition coefficient (Wildman–Crippen LogP) is 3.24. The highest BCUT2D eigenvalue weighted by Gasteiger charge is 2.30. The molecule has 1 aliphatic rings. The Labute approximate surface area is 64.3 Å². The van der Waals surface area contributed by atoms with E-state index in [0.29, 0.717) is 0 Å². The molecule has 1 fully saturated rings. The lowest BCUT2D eigenvalue weighted by atomic mass is 10.0. The molecule has 58 valence electrons. The zero-order valence-electron chi connectivity index (χ0n) is 7.52. The molecular formula is C10H18. The quantitative estimate of drug-likeness (QED) is 0.514. The van der Waals surface area contributed by atoms with Crippen LogP contribution in [0.1, 0.15) is 34.1 Å². The molecule has 0 aliphatic heterocycles. The van der Waals surface area contributed by atoms with Crippen LogP contribution < -0.4 is 0 Å². The van der Waals surface area contributed by atoms with Gasteiger partial charge in [-0.25, -0.2) is 0 Å². The second kappa shape index (κ2) is 2.77. The summed E-state index contributed by atoms with van der Waals surface area (Å²) >= 11 is 0. The van der Waals surface area contributed by atoms with Crippen LogP contribution in [0.2, 0.25) is 0 Å². The number of allylic oxidation sites excluding steroid dienone is 2. The largest absolute Gasteiger partial charge is 0.0820 e. The lowest BCUT2D eigenvalue weighted by molar-refractivity contribution is 0.752. The van der Waals surface area contributed by atoms with E-state index in [-0.39, 0.29) is 0 Å². The molecule has 2 unspecified atom stereocenters. The molecule has 10 heavy (non-hydrogen) atoms. The molecule has 0 aromatic heterocycles. The van der Waals surface area contributed by atoms with Gasteiger partial charge in [-0.15, -0.1) is 0 Å². The smallest absolute Gasteiger partial charge is 0.0202 e. The standard InChI is InChI=1S/C10H18/c1-7(2)8(3)5-10-6-9(10)4/h5,7,9-10H,6H2,1-4H3. The van der Waals surface area contributed by atoms with Gasteiger partial charge >= 0.3 is 0 Å². The zero-order valence-corrected chi connectivity index (χ0v) is 7.52. The molecule has 0 radical (unpaired) electrons. The second-order valence-corrected chi connectivity index (χ2v) is 3.94. The Bertz CT molecular complexity index is 142. The van der Waals surface area contributed by atoms with Crippen molar-refractivity contribution in [3.8, 4) is 0 Å². The van der Waals surface area contributed by atoms with Crippen molar-refractivity contribution in [3.05, 3.63) is 11.6 Å². The van der Waals surface area contributed by atoms with Gasteiger partial charge in [0, 0.05) is 0 Å². The van der Waals surface area contributed by atoms with Gasteiger partial charge in [0.15, 0.2) is 0 Å². The summed E-state index contributed by atoms with van der Waals surface area (Å²) in [7, 11) is 0. The maximum Gasteiger partial charge on any atom is -0.0202 e. The van der Waals surface area contributed by atoms with Crippen LogP contribution in [0.3, 0.4) is 0 Å². The molecule has 0 bridgehead atoms. The molecule has 0 amide bonds. The molecular weight excluding hydrogens is 120 g/mol. The van der Waals surface area contributed by atoms with Gasteiger partial charge in [0.1, 0.15) is 0 Å². The first-order valence-corrected chi connectivity index (χ1v) is 4.29.